The van der Waals surface area contributed by atoms with Gasteiger partial charge in [0.05, 0.1) is 11.6 Å². The lowest BCUT2D eigenvalue weighted by molar-refractivity contribution is -0.131. The van der Waals surface area contributed by atoms with Gasteiger partial charge in [0.2, 0.25) is 5.91 Å². The predicted octanol–water partition coefficient (Wildman–Crippen LogP) is 3.85. The van der Waals surface area contributed by atoms with E-state index in [1.165, 1.54) is 19.4 Å². The molecule has 1 amide bonds. The number of benzene rings is 1. The molecule has 2 aliphatic rings. The van der Waals surface area contributed by atoms with Gasteiger partial charge in [-0.2, -0.15) is 0 Å². The molecule has 2 fully saturated rings. The molecule has 0 aliphatic carbocycles. The van der Waals surface area contributed by atoms with Gasteiger partial charge in [0.1, 0.15) is 10.8 Å². The summed E-state index contributed by atoms with van der Waals surface area (Å²) in [5.74, 6) is 0.817. The summed E-state index contributed by atoms with van der Waals surface area (Å²) in [6.45, 7) is 4.56. The zero-order valence-corrected chi connectivity index (χ0v) is 15.4. The van der Waals surface area contributed by atoms with Crippen molar-refractivity contribution in [3.63, 3.8) is 0 Å². The Hall–Kier alpha value is -0.970. The number of hydrogen-bond acceptors (Lipinski definition) is 3. The van der Waals surface area contributed by atoms with Crippen LogP contribution in [-0.2, 0) is 4.79 Å². The number of halogens is 2. The Kier molecular flexibility index (Phi) is 6.25. The van der Waals surface area contributed by atoms with Crippen LogP contribution in [0.5, 0.6) is 5.75 Å². The summed E-state index contributed by atoms with van der Waals surface area (Å²) in [5, 5.41) is 0.912. The van der Waals surface area contributed by atoms with Crippen LogP contribution in [-0.4, -0.2) is 54.5 Å². The molecule has 0 aromatic heterocycles. The average molecular weight is 371 g/mol. The van der Waals surface area contributed by atoms with Gasteiger partial charge in [-0.3, -0.25) is 9.69 Å². The lowest BCUT2D eigenvalue weighted by atomic mass is 10.2. The number of amides is 1. The molecule has 6 heteroatoms. The zero-order valence-electron chi connectivity index (χ0n) is 13.8. The molecule has 1 atom stereocenters. The number of nitrogens with zero attached hydrogens (tertiary/aromatic N) is 2. The van der Waals surface area contributed by atoms with Crippen molar-refractivity contribution < 1.29 is 9.53 Å². The normalized spacial score (nSPS) is 21.4. The van der Waals surface area contributed by atoms with Gasteiger partial charge in [-0.1, -0.05) is 29.3 Å². The fourth-order valence-electron chi connectivity index (χ4n) is 3.59. The molecule has 132 valence electrons. The number of rotatable bonds is 5. The molecular weight excluding hydrogens is 347 g/mol. The molecule has 0 N–H and O–H groups in total. The van der Waals surface area contributed by atoms with Crippen molar-refractivity contribution >= 4 is 29.1 Å². The topological polar surface area (TPSA) is 32.8 Å². The van der Waals surface area contributed by atoms with E-state index >= 15 is 0 Å². The molecule has 0 spiro atoms. The van der Waals surface area contributed by atoms with Crippen molar-refractivity contribution in [3.8, 4) is 5.75 Å². The monoisotopic (exact) mass is 370 g/mol. The molecule has 3 rings (SSSR count). The fraction of sp³-hybridized carbons (Fsp3) is 0.611. The first kappa shape index (κ1) is 17.8. The number of carbonyl (C=O) groups is 1. The van der Waals surface area contributed by atoms with Crippen molar-refractivity contribution in [2.24, 2.45) is 0 Å². The van der Waals surface area contributed by atoms with Gasteiger partial charge in [-0.05, 0) is 44.4 Å². The zero-order chi connectivity index (χ0) is 16.9. The van der Waals surface area contributed by atoms with Crippen LogP contribution < -0.4 is 4.74 Å². The first-order valence-corrected chi connectivity index (χ1v) is 9.49. The first-order valence-electron chi connectivity index (χ1n) is 8.74. The molecule has 0 saturated carbocycles. The van der Waals surface area contributed by atoms with E-state index in [2.05, 4.69) is 4.90 Å². The maximum Gasteiger partial charge on any atom is 0.222 e. The standard InChI is InChI=1S/C18H24Cl2N2O2/c19-15-6-1-7-16(18(15)20)24-12-3-8-17(23)22-11-4-10-21-9-2-5-14(21)13-22/h1,6-7,14H,2-5,8-13H2. The summed E-state index contributed by atoms with van der Waals surface area (Å²) < 4.78 is 5.65. The molecular formula is C18H24Cl2N2O2. The lowest BCUT2D eigenvalue weighted by Crippen LogP contribution is -2.39. The first-order chi connectivity index (χ1) is 11.6. The second-order valence-corrected chi connectivity index (χ2v) is 7.31. The number of fused-ring (bicyclic) bond motifs is 1. The smallest absolute Gasteiger partial charge is 0.222 e. The Labute approximate surface area is 153 Å². The van der Waals surface area contributed by atoms with Gasteiger partial charge in [-0.15, -0.1) is 0 Å². The highest BCUT2D eigenvalue weighted by atomic mass is 35.5. The number of carbonyl (C=O) groups excluding carboxylic acids is 1. The molecule has 0 bridgehead atoms. The second-order valence-electron chi connectivity index (χ2n) is 6.53. The van der Waals surface area contributed by atoms with E-state index in [1.807, 2.05) is 4.90 Å². The average Bonchev–Trinajstić information content (AvgIpc) is 2.91. The molecule has 2 saturated heterocycles. The molecule has 1 aromatic carbocycles. The van der Waals surface area contributed by atoms with E-state index in [-0.39, 0.29) is 5.91 Å². The lowest BCUT2D eigenvalue weighted by Gasteiger charge is -2.25. The Morgan fingerprint density at radius 3 is 2.92 bits per heavy atom. The Morgan fingerprint density at radius 1 is 1.21 bits per heavy atom. The van der Waals surface area contributed by atoms with Gasteiger partial charge in [-0.25, -0.2) is 0 Å². The number of hydrogen-bond donors (Lipinski definition) is 0. The van der Waals surface area contributed by atoms with Crippen molar-refractivity contribution in [1.29, 1.82) is 0 Å². The van der Waals surface area contributed by atoms with E-state index < -0.39 is 0 Å². The Bertz CT molecular complexity index is 582. The van der Waals surface area contributed by atoms with E-state index in [4.69, 9.17) is 27.9 Å². The Balaban J connectivity index is 1.43. The fourth-order valence-corrected chi connectivity index (χ4v) is 3.94. The highest BCUT2D eigenvalue weighted by molar-refractivity contribution is 6.42. The van der Waals surface area contributed by atoms with E-state index in [0.717, 1.165) is 26.1 Å². The van der Waals surface area contributed by atoms with Crippen molar-refractivity contribution in [2.75, 3.05) is 32.8 Å². The summed E-state index contributed by atoms with van der Waals surface area (Å²) in [7, 11) is 0. The highest BCUT2D eigenvalue weighted by Gasteiger charge is 2.30. The summed E-state index contributed by atoms with van der Waals surface area (Å²) in [6.07, 6.45) is 4.77. The second kappa shape index (κ2) is 8.41. The minimum absolute atomic E-state index is 0.240. The van der Waals surface area contributed by atoms with Crippen LogP contribution in [0.4, 0.5) is 0 Å². The van der Waals surface area contributed by atoms with Gasteiger partial charge < -0.3 is 9.64 Å². The molecule has 24 heavy (non-hydrogen) atoms. The molecule has 2 aliphatic heterocycles. The molecule has 0 radical (unpaired) electrons. The molecule has 1 aromatic rings. The number of ether oxygens (including phenoxy) is 1. The van der Waals surface area contributed by atoms with Crippen molar-refractivity contribution in [1.82, 2.24) is 9.80 Å². The van der Waals surface area contributed by atoms with Crippen LogP contribution in [0.15, 0.2) is 18.2 Å². The molecule has 4 nitrogen and oxygen atoms in total. The minimum Gasteiger partial charge on any atom is -0.492 e. The maximum atomic E-state index is 12.5. The summed E-state index contributed by atoms with van der Waals surface area (Å²) >= 11 is 12.1. The van der Waals surface area contributed by atoms with Gasteiger partial charge in [0, 0.05) is 32.1 Å². The third-order valence-corrected chi connectivity index (χ3v) is 5.67. The highest BCUT2D eigenvalue weighted by Crippen LogP contribution is 2.31. The van der Waals surface area contributed by atoms with Crippen molar-refractivity contribution in [3.05, 3.63) is 28.2 Å². The van der Waals surface area contributed by atoms with E-state index in [1.54, 1.807) is 18.2 Å². The van der Waals surface area contributed by atoms with Crippen LogP contribution in [0.2, 0.25) is 10.0 Å². The van der Waals surface area contributed by atoms with Crippen LogP contribution in [0.1, 0.15) is 32.1 Å². The van der Waals surface area contributed by atoms with Crippen LogP contribution in [0.3, 0.4) is 0 Å². The molecule has 1 unspecified atom stereocenters. The Morgan fingerprint density at radius 2 is 2.04 bits per heavy atom. The van der Waals surface area contributed by atoms with Gasteiger partial charge >= 0.3 is 0 Å². The van der Waals surface area contributed by atoms with Gasteiger partial charge in [0.25, 0.3) is 0 Å². The summed E-state index contributed by atoms with van der Waals surface area (Å²) in [4.78, 5) is 17.1. The molecule has 2 heterocycles. The van der Waals surface area contributed by atoms with Crippen molar-refractivity contribution in [2.45, 2.75) is 38.1 Å². The SMILES string of the molecule is O=C(CCCOc1cccc(Cl)c1Cl)N1CCCN2CCCC2C1. The van der Waals surface area contributed by atoms with E-state index in [0.29, 0.717) is 41.3 Å². The largest absolute Gasteiger partial charge is 0.492 e. The van der Waals surface area contributed by atoms with Gasteiger partial charge in [0.15, 0.2) is 0 Å². The predicted molar refractivity (Wildman–Crippen MR) is 97.0 cm³/mol. The van der Waals surface area contributed by atoms with Crippen LogP contribution in [0, 0.1) is 0 Å². The summed E-state index contributed by atoms with van der Waals surface area (Å²) in [6, 6.07) is 5.89. The van der Waals surface area contributed by atoms with Crippen LogP contribution in [0.25, 0.3) is 0 Å². The maximum absolute atomic E-state index is 12.5. The third kappa shape index (κ3) is 4.35. The minimum atomic E-state index is 0.240. The van der Waals surface area contributed by atoms with E-state index in [9.17, 15) is 4.79 Å². The quantitative estimate of drug-likeness (QED) is 0.737. The van der Waals surface area contributed by atoms with Crippen LogP contribution >= 0.6 is 23.2 Å². The third-order valence-electron chi connectivity index (χ3n) is 4.86. The summed E-state index contributed by atoms with van der Waals surface area (Å²) in [5.41, 5.74) is 0.